The SMILES string of the molecule is CC1CCN(Cc2nc(-c3ccncc3)c(C(=O)O)s2)CC1. The van der Waals surface area contributed by atoms with Gasteiger partial charge in [0.15, 0.2) is 0 Å². The Morgan fingerprint density at radius 1 is 1.36 bits per heavy atom. The predicted molar refractivity (Wildman–Crippen MR) is 86.0 cm³/mol. The number of rotatable bonds is 4. The number of aromatic nitrogens is 2. The van der Waals surface area contributed by atoms with E-state index in [1.54, 1.807) is 24.5 Å². The first-order valence-corrected chi connectivity index (χ1v) is 8.31. The first-order chi connectivity index (χ1) is 10.6. The van der Waals surface area contributed by atoms with Crippen molar-refractivity contribution in [3.63, 3.8) is 0 Å². The monoisotopic (exact) mass is 317 g/mol. The quantitative estimate of drug-likeness (QED) is 0.938. The molecule has 1 N–H and O–H groups in total. The molecule has 6 heteroatoms. The fraction of sp³-hybridized carbons (Fsp3) is 0.438. The van der Waals surface area contributed by atoms with Crippen molar-refractivity contribution in [2.24, 2.45) is 5.92 Å². The highest BCUT2D eigenvalue weighted by atomic mass is 32.1. The molecule has 1 saturated heterocycles. The molecular weight excluding hydrogens is 298 g/mol. The Bertz CT molecular complexity index is 649. The molecule has 0 aliphatic carbocycles. The zero-order valence-electron chi connectivity index (χ0n) is 12.5. The van der Waals surface area contributed by atoms with Crippen LogP contribution in [0.5, 0.6) is 0 Å². The fourth-order valence-corrected chi connectivity index (χ4v) is 3.66. The molecule has 0 saturated carbocycles. The van der Waals surface area contributed by atoms with Crippen molar-refractivity contribution in [3.05, 3.63) is 34.4 Å². The number of piperidine rings is 1. The Labute approximate surface area is 133 Å². The first-order valence-electron chi connectivity index (χ1n) is 7.49. The van der Waals surface area contributed by atoms with E-state index in [-0.39, 0.29) is 0 Å². The van der Waals surface area contributed by atoms with E-state index < -0.39 is 5.97 Å². The molecule has 0 aromatic carbocycles. The molecule has 0 amide bonds. The van der Waals surface area contributed by atoms with Crippen LogP contribution < -0.4 is 0 Å². The normalized spacial score (nSPS) is 16.8. The summed E-state index contributed by atoms with van der Waals surface area (Å²) >= 11 is 1.28. The zero-order valence-corrected chi connectivity index (χ0v) is 13.3. The Morgan fingerprint density at radius 3 is 2.68 bits per heavy atom. The van der Waals surface area contributed by atoms with E-state index in [9.17, 15) is 9.90 Å². The van der Waals surface area contributed by atoms with Gasteiger partial charge < -0.3 is 5.11 Å². The fourth-order valence-electron chi connectivity index (χ4n) is 2.69. The standard InChI is InChI=1S/C16H19N3O2S/c1-11-4-8-19(9-5-11)10-13-18-14(15(22-13)16(20)21)12-2-6-17-7-3-12/h2-3,6-7,11H,4-5,8-10H2,1H3,(H,20,21). The molecule has 0 radical (unpaired) electrons. The summed E-state index contributed by atoms with van der Waals surface area (Å²) in [5.41, 5.74) is 1.36. The lowest BCUT2D eigenvalue weighted by molar-refractivity contribution is 0.0702. The first kappa shape index (κ1) is 15.1. The minimum atomic E-state index is -0.914. The van der Waals surface area contributed by atoms with Crippen LogP contribution in [0.4, 0.5) is 0 Å². The summed E-state index contributed by atoms with van der Waals surface area (Å²) in [6, 6.07) is 3.60. The van der Waals surface area contributed by atoms with Crippen molar-refractivity contribution < 1.29 is 9.90 Å². The largest absolute Gasteiger partial charge is 0.477 e. The van der Waals surface area contributed by atoms with E-state index >= 15 is 0 Å². The van der Waals surface area contributed by atoms with Crippen LogP contribution in [0.2, 0.25) is 0 Å². The van der Waals surface area contributed by atoms with E-state index in [0.29, 0.717) is 10.6 Å². The second-order valence-electron chi connectivity index (χ2n) is 5.79. The van der Waals surface area contributed by atoms with Gasteiger partial charge in [0.05, 0.1) is 12.2 Å². The van der Waals surface area contributed by atoms with Gasteiger partial charge in [-0.2, -0.15) is 0 Å². The van der Waals surface area contributed by atoms with Gasteiger partial charge in [-0.3, -0.25) is 9.88 Å². The van der Waals surface area contributed by atoms with Crippen molar-refractivity contribution in [1.29, 1.82) is 0 Å². The van der Waals surface area contributed by atoms with Gasteiger partial charge in [-0.1, -0.05) is 6.92 Å². The third-order valence-electron chi connectivity index (χ3n) is 4.05. The number of aromatic carboxylic acids is 1. The van der Waals surface area contributed by atoms with Crippen LogP contribution >= 0.6 is 11.3 Å². The summed E-state index contributed by atoms with van der Waals surface area (Å²) in [5, 5.41) is 10.3. The second-order valence-corrected chi connectivity index (χ2v) is 6.87. The molecule has 0 atom stereocenters. The minimum Gasteiger partial charge on any atom is -0.477 e. The Hall–Kier alpha value is -1.79. The van der Waals surface area contributed by atoms with E-state index in [1.807, 2.05) is 0 Å². The van der Waals surface area contributed by atoms with Gasteiger partial charge in [-0.05, 0) is 44.0 Å². The summed E-state index contributed by atoms with van der Waals surface area (Å²) in [6.07, 6.45) is 5.72. The van der Waals surface area contributed by atoms with Gasteiger partial charge in [0.25, 0.3) is 0 Å². The summed E-state index contributed by atoms with van der Waals surface area (Å²) < 4.78 is 0. The van der Waals surface area contributed by atoms with Crippen LogP contribution in [0.3, 0.4) is 0 Å². The number of carbonyl (C=O) groups is 1. The Balaban J connectivity index is 1.83. The summed E-state index contributed by atoms with van der Waals surface area (Å²) in [6.45, 7) is 5.15. The zero-order chi connectivity index (χ0) is 15.5. The third-order valence-corrected chi connectivity index (χ3v) is 5.08. The van der Waals surface area contributed by atoms with Crippen LogP contribution in [-0.2, 0) is 6.54 Å². The van der Waals surface area contributed by atoms with Gasteiger partial charge in [0.2, 0.25) is 0 Å². The molecular formula is C16H19N3O2S. The van der Waals surface area contributed by atoms with E-state index in [1.165, 1.54) is 24.2 Å². The number of likely N-dealkylation sites (tertiary alicyclic amines) is 1. The lowest BCUT2D eigenvalue weighted by Gasteiger charge is -2.29. The average molecular weight is 317 g/mol. The lowest BCUT2D eigenvalue weighted by atomic mass is 9.99. The molecule has 5 nitrogen and oxygen atoms in total. The maximum Gasteiger partial charge on any atom is 0.348 e. The number of carboxylic acid groups (broad SMARTS) is 1. The summed E-state index contributed by atoms with van der Waals surface area (Å²) in [4.78, 5) is 22.7. The minimum absolute atomic E-state index is 0.312. The van der Waals surface area contributed by atoms with Gasteiger partial charge in [0, 0.05) is 18.0 Å². The molecule has 1 fully saturated rings. The van der Waals surface area contributed by atoms with Crippen molar-refractivity contribution in [1.82, 2.24) is 14.9 Å². The van der Waals surface area contributed by atoms with Crippen LogP contribution in [0.1, 0.15) is 34.4 Å². The number of nitrogens with zero attached hydrogens (tertiary/aromatic N) is 3. The molecule has 0 spiro atoms. The molecule has 3 heterocycles. The molecule has 0 bridgehead atoms. The number of pyridine rings is 1. The van der Waals surface area contributed by atoms with Gasteiger partial charge in [-0.15, -0.1) is 11.3 Å². The molecule has 1 aliphatic rings. The second kappa shape index (κ2) is 6.54. The summed E-state index contributed by atoms with van der Waals surface area (Å²) in [7, 11) is 0. The Kier molecular flexibility index (Phi) is 4.49. The van der Waals surface area contributed by atoms with Gasteiger partial charge in [-0.25, -0.2) is 9.78 Å². The van der Waals surface area contributed by atoms with Crippen LogP contribution in [-0.4, -0.2) is 39.0 Å². The molecule has 1 aliphatic heterocycles. The molecule has 3 rings (SSSR count). The van der Waals surface area contributed by atoms with E-state index in [4.69, 9.17) is 0 Å². The molecule has 22 heavy (non-hydrogen) atoms. The maximum atomic E-state index is 11.5. The average Bonchev–Trinajstić information content (AvgIpc) is 2.95. The molecule has 116 valence electrons. The lowest BCUT2D eigenvalue weighted by Crippen LogP contribution is -2.32. The van der Waals surface area contributed by atoms with Crippen LogP contribution in [0, 0.1) is 5.92 Å². The molecule has 2 aromatic heterocycles. The van der Waals surface area contributed by atoms with Gasteiger partial charge in [0.1, 0.15) is 9.88 Å². The van der Waals surface area contributed by atoms with Crippen molar-refractivity contribution in [2.45, 2.75) is 26.3 Å². The number of thiazole rings is 1. The smallest absolute Gasteiger partial charge is 0.348 e. The predicted octanol–water partition coefficient (Wildman–Crippen LogP) is 3.14. The number of hydrogen-bond donors (Lipinski definition) is 1. The summed E-state index contributed by atoms with van der Waals surface area (Å²) in [5.74, 6) is -0.127. The molecule has 2 aromatic rings. The van der Waals surface area contributed by atoms with Crippen LogP contribution in [0.15, 0.2) is 24.5 Å². The highest BCUT2D eigenvalue weighted by molar-refractivity contribution is 7.14. The molecule has 0 unspecified atom stereocenters. The van der Waals surface area contributed by atoms with Crippen molar-refractivity contribution >= 4 is 17.3 Å². The number of carboxylic acids is 1. The number of hydrogen-bond acceptors (Lipinski definition) is 5. The topological polar surface area (TPSA) is 66.3 Å². The maximum absolute atomic E-state index is 11.5. The van der Waals surface area contributed by atoms with E-state index in [2.05, 4.69) is 21.8 Å². The van der Waals surface area contributed by atoms with Crippen molar-refractivity contribution in [2.75, 3.05) is 13.1 Å². The van der Waals surface area contributed by atoms with Crippen molar-refractivity contribution in [3.8, 4) is 11.3 Å². The Morgan fingerprint density at radius 2 is 2.05 bits per heavy atom. The van der Waals surface area contributed by atoms with Gasteiger partial charge >= 0.3 is 5.97 Å². The third kappa shape index (κ3) is 3.34. The van der Waals surface area contributed by atoms with E-state index in [0.717, 1.165) is 36.1 Å². The highest BCUT2D eigenvalue weighted by Crippen LogP contribution is 2.29. The van der Waals surface area contributed by atoms with Crippen LogP contribution in [0.25, 0.3) is 11.3 Å². The highest BCUT2D eigenvalue weighted by Gasteiger charge is 2.21.